The Labute approximate surface area is 107 Å². The van der Waals surface area contributed by atoms with Crippen LogP contribution in [0.3, 0.4) is 0 Å². The zero-order chi connectivity index (χ0) is 12.5. The number of aliphatic hydroxyl groups excluding tert-OH is 1. The highest BCUT2D eigenvalue weighted by molar-refractivity contribution is 7.99. The van der Waals surface area contributed by atoms with Crippen molar-refractivity contribution in [1.29, 1.82) is 0 Å². The first-order valence-corrected chi connectivity index (χ1v) is 7.34. The van der Waals surface area contributed by atoms with Gasteiger partial charge in [-0.15, -0.1) is 0 Å². The molecule has 1 aromatic rings. The molecule has 1 unspecified atom stereocenters. The summed E-state index contributed by atoms with van der Waals surface area (Å²) < 4.78 is 12.7. The second-order valence-corrected chi connectivity index (χ2v) is 5.61. The van der Waals surface area contributed by atoms with E-state index in [-0.39, 0.29) is 12.4 Å². The molecule has 0 fully saturated rings. The normalized spacial score (nSPS) is 12.6. The first-order valence-electron chi connectivity index (χ1n) is 6.19. The molecule has 1 rings (SSSR count). The topological polar surface area (TPSA) is 20.2 Å². The summed E-state index contributed by atoms with van der Waals surface area (Å²) in [6.45, 7) is 2.38. The second-order valence-electron chi connectivity index (χ2n) is 4.22. The zero-order valence-electron chi connectivity index (χ0n) is 10.4. The van der Waals surface area contributed by atoms with Crippen LogP contribution >= 0.6 is 11.8 Å². The third-order valence-corrected chi connectivity index (χ3v) is 3.79. The fourth-order valence-corrected chi connectivity index (χ4v) is 2.49. The first kappa shape index (κ1) is 14.5. The summed E-state index contributed by atoms with van der Waals surface area (Å²) in [4.78, 5) is 0. The van der Waals surface area contributed by atoms with E-state index in [2.05, 4.69) is 6.92 Å². The lowest BCUT2D eigenvalue weighted by Gasteiger charge is -2.13. The van der Waals surface area contributed by atoms with Crippen molar-refractivity contribution in [2.45, 2.75) is 26.2 Å². The van der Waals surface area contributed by atoms with Gasteiger partial charge in [0.15, 0.2) is 0 Å². The van der Waals surface area contributed by atoms with E-state index in [0.717, 1.165) is 36.3 Å². The van der Waals surface area contributed by atoms with Crippen LogP contribution in [0.15, 0.2) is 24.3 Å². The fraction of sp³-hybridized carbons (Fsp3) is 0.571. The van der Waals surface area contributed by atoms with Crippen molar-refractivity contribution in [2.24, 2.45) is 5.92 Å². The van der Waals surface area contributed by atoms with E-state index < -0.39 is 0 Å². The smallest absolute Gasteiger partial charge is 0.123 e. The van der Waals surface area contributed by atoms with Crippen molar-refractivity contribution < 1.29 is 9.50 Å². The summed E-state index contributed by atoms with van der Waals surface area (Å²) in [5.41, 5.74) is 1.11. The summed E-state index contributed by atoms with van der Waals surface area (Å²) in [6.07, 6.45) is 3.03. The van der Waals surface area contributed by atoms with E-state index in [9.17, 15) is 9.50 Å². The van der Waals surface area contributed by atoms with Gasteiger partial charge in [0.25, 0.3) is 0 Å². The average molecular weight is 256 g/mol. The number of halogens is 1. The molecule has 0 aliphatic rings. The predicted octanol–water partition coefficient (Wildman–Crippen LogP) is 3.51. The molecule has 0 heterocycles. The Morgan fingerprint density at radius 2 is 2.00 bits per heavy atom. The third-order valence-electron chi connectivity index (χ3n) is 2.80. The highest BCUT2D eigenvalue weighted by Crippen LogP contribution is 2.16. The Morgan fingerprint density at radius 3 is 2.59 bits per heavy atom. The standard InChI is InChI=1S/C14H21FOS/c1-2-17-9-3-4-13(11-16)10-12-5-7-14(15)8-6-12/h5-8,13,16H,2-4,9-11H2,1H3. The SMILES string of the molecule is CCSCCCC(CO)Cc1ccc(F)cc1. The molecule has 0 saturated carbocycles. The monoisotopic (exact) mass is 256 g/mol. The Kier molecular flexibility index (Phi) is 7.29. The van der Waals surface area contributed by atoms with Gasteiger partial charge in [-0.1, -0.05) is 19.1 Å². The fourth-order valence-electron chi connectivity index (χ4n) is 1.83. The van der Waals surface area contributed by atoms with Crippen LogP contribution in [0.5, 0.6) is 0 Å². The largest absolute Gasteiger partial charge is 0.396 e. The van der Waals surface area contributed by atoms with Crippen LogP contribution in [0.2, 0.25) is 0 Å². The molecule has 0 amide bonds. The molecule has 0 radical (unpaired) electrons. The minimum Gasteiger partial charge on any atom is -0.396 e. The lowest BCUT2D eigenvalue weighted by atomic mass is 9.96. The van der Waals surface area contributed by atoms with Crippen LogP contribution in [0, 0.1) is 11.7 Å². The molecule has 1 atom stereocenters. The van der Waals surface area contributed by atoms with Crippen molar-refractivity contribution in [1.82, 2.24) is 0 Å². The van der Waals surface area contributed by atoms with Crippen LogP contribution in [0.1, 0.15) is 25.3 Å². The molecule has 0 aliphatic heterocycles. The summed E-state index contributed by atoms with van der Waals surface area (Å²) in [5.74, 6) is 2.42. The zero-order valence-corrected chi connectivity index (χ0v) is 11.2. The summed E-state index contributed by atoms with van der Waals surface area (Å²) in [5, 5.41) is 9.32. The van der Waals surface area contributed by atoms with Crippen LogP contribution in [0.4, 0.5) is 4.39 Å². The summed E-state index contributed by atoms with van der Waals surface area (Å²) in [6, 6.07) is 6.57. The van der Waals surface area contributed by atoms with Gasteiger partial charge in [-0.3, -0.25) is 0 Å². The Bertz CT molecular complexity index is 300. The van der Waals surface area contributed by atoms with E-state index in [1.807, 2.05) is 11.8 Å². The van der Waals surface area contributed by atoms with E-state index in [1.165, 1.54) is 12.1 Å². The molecule has 0 bridgehead atoms. The van der Waals surface area contributed by atoms with Gasteiger partial charge in [0.2, 0.25) is 0 Å². The molecule has 0 saturated heterocycles. The van der Waals surface area contributed by atoms with Crippen molar-refractivity contribution in [3.05, 3.63) is 35.6 Å². The number of hydrogen-bond acceptors (Lipinski definition) is 2. The lowest BCUT2D eigenvalue weighted by Crippen LogP contribution is -2.10. The van der Waals surface area contributed by atoms with Crippen molar-refractivity contribution in [3.63, 3.8) is 0 Å². The minimum absolute atomic E-state index is 0.200. The van der Waals surface area contributed by atoms with Gasteiger partial charge in [0.1, 0.15) is 5.82 Å². The van der Waals surface area contributed by atoms with E-state index in [1.54, 1.807) is 12.1 Å². The number of rotatable bonds is 8. The molecule has 17 heavy (non-hydrogen) atoms. The van der Waals surface area contributed by atoms with Gasteiger partial charge < -0.3 is 5.11 Å². The van der Waals surface area contributed by atoms with Crippen molar-refractivity contribution in [3.8, 4) is 0 Å². The minimum atomic E-state index is -0.200. The third kappa shape index (κ3) is 6.08. The van der Waals surface area contributed by atoms with Crippen molar-refractivity contribution in [2.75, 3.05) is 18.1 Å². The average Bonchev–Trinajstić information content (AvgIpc) is 2.35. The molecule has 1 nitrogen and oxygen atoms in total. The highest BCUT2D eigenvalue weighted by atomic mass is 32.2. The number of hydrogen-bond donors (Lipinski definition) is 1. The Hall–Kier alpha value is -0.540. The molecule has 3 heteroatoms. The lowest BCUT2D eigenvalue weighted by molar-refractivity contribution is 0.217. The number of benzene rings is 1. The Morgan fingerprint density at radius 1 is 1.29 bits per heavy atom. The van der Waals surface area contributed by atoms with Crippen LogP contribution in [-0.2, 0) is 6.42 Å². The molecule has 0 aliphatic carbocycles. The van der Waals surface area contributed by atoms with Crippen LogP contribution < -0.4 is 0 Å². The molecule has 0 spiro atoms. The molecule has 0 aromatic heterocycles. The molecular formula is C14H21FOS. The van der Waals surface area contributed by atoms with E-state index >= 15 is 0 Å². The molecule has 1 N–H and O–H groups in total. The van der Waals surface area contributed by atoms with Gasteiger partial charge in [0.05, 0.1) is 0 Å². The predicted molar refractivity (Wildman–Crippen MR) is 72.9 cm³/mol. The van der Waals surface area contributed by atoms with Gasteiger partial charge in [0, 0.05) is 6.61 Å². The van der Waals surface area contributed by atoms with Crippen LogP contribution in [-0.4, -0.2) is 23.2 Å². The first-order chi connectivity index (χ1) is 8.26. The number of thioether (sulfide) groups is 1. The van der Waals surface area contributed by atoms with Crippen LogP contribution in [0.25, 0.3) is 0 Å². The second kappa shape index (κ2) is 8.54. The molecule has 1 aromatic carbocycles. The maximum absolute atomic E-state index is 12.7. The Balaban J connectivity index is 2.33. The summed E-state index contributed by atoms with van der Waals surface area (Å²) >= 11 is 1.94. The molecular weight excluding hydrogens is 235 g/mol. The quantitative estimate of drug-likeness (QED) is 0.718. The number of aliphatic hydroxyl groups is 1. The van der Waals surface area contributed by atoms with Crippen molar-refractivity contribution >= 4 is 11.8 Å². The maximum atomic E-state index is 12.7. The summed E-state index contributed by atoms with van der Waals surface area (Å²) in [7, 11) is 0. The maximum Gasteiger partial charge on any atom is 0.123 e. The van der Waals surface area contributed by atoms with Gasteiger partial charge in [-0.25, -0.2) is 4.39 Å². The van der Waals surface area contributed by atoms with Gasteiger partial charge >= 0.3 is 0 Å². The van der Waals surface area contributed by atoms with Gasteiger partial charge in [-0.2, -0.15) is 11.8 Å². The molecule has 96 valence electrons. The van der Waals surface area contributed by atoms with Gasteiger partial charge in [-0.05, 0) is 54.4 Å². The van der Waals surface area contributed by atoms with E-state index in [4.69, 9.17) is 0 Å². The highest BCUT2D eigenvalue weighted by Gasteiger charge is 2.08. The van der Waals surface area contributed by atoms with E-state index in [0.29, 0.717) is 5.92 Å².